The summed E-state index contributed by atoms with van der Waals surface area (Å²) in [6.07, 6.45) is 1.03. The van der Waals surface area contributed by atoms with E-state index in [9.17, 15) is 9.59 Å². The molecule has 6 heteroatoms. The van der Waals surface area contributed by atoms with Gasteiger partial charge in [0, 0.05) is 23.6 Å². The van der Waals surface area contributed by atoms with Gasteiger partial charge in [0.25, 0.3) is 0 Å². The zero-order valence-electron chi connectivity index (χ0n) is 12.4. The van der Waals surface area contributed by atoms with Crippen LogP contribution in [-0.4, -0.2) is 52.3 Å². The molecule has 0 saturated carbocycles. The molecule has 0 aliphatic carbocycles. The molecule has 116 valence electrons. The Morgan fingerprint density at radius 1 is 1.36 bits per heavy atom. The molecule has 1 aliphatic heterocycles. The quantitative estimate of drug-likeness (QED) is 0.926. The van der Waals surface area contributed by atoms with Crippen LogP contribution < -0.4 is 0 Å². The van der Waals surface area contributed by atoms with Gasteiger partial charge in [0.2, 0.25) is 5.91 Å². The van der Waals surface area contributed by atoms with E-state index in [0.29, 0.717) is 6.54 Å². The molecule has 1 aliphatic rings. The molecule has 22 heavy (non-hydrogen) atoms. The molecular weight excluding hydrogens is 284 g/mol. The van der Waals surface area contributed by atoms with Crippen molar-refractivity contribution in [2.45, 2.75) is 19.6 Å². The van der Waals surface area contributed by atoms with E-state index in [1.54, 1.807) is 4.90 Å². The predicted octanol–water partition coefficient (Wildman–Crippen LogP) is 1.26. The van der Waals surface area contributed by atoms with E-state index in [0.717, 1.165) is 16.5 Å². The number of amides is 1. The normalized spacial score (nSPS) is 18.6. The summed E-state index contributed by atoms with van der Waals surface area (Å²) in [5.41, 5.74) is 2.13. The summed E-state index contributed by atoms with van der Waals surface area (Å²) in [6.45, 7) is 3.01. The average molecular weight is 302 g/mol. The number of aryl methyl sites for hydroxylation is 1. The van der Waals surface area contributed by atoms with Gasteiger partial charge in [0.15, 0.2) is 6.10 Å². The number of carboxylic acids is 1. The lowest BCUT2D eigenvalue weighted by atomic mass is 10.2. The summed E-state index contributed by atoms with van der Waals surface area (Å²) in [5, 5.41) is 10.1. The molecule has 1 aromatic heterocycles. The largest absolute Gasteiger partial charge is 0.479 e. The summed E-state index contributed by atoms with van der Waals surface area (Å²) >= 11 is 0. The first-order valence-corrected chi connectivity index (χ1v) is 7.23. The number of para-hydroxylation sites is 1. The standard InChI is InChI=1S/C16H18N2O4/c1-11-8-18(13-5-3-2-4-12(11)13)10-15(19)17-6-7-22-14(9-17)16(20)21/h2-5,8,14H,6-7,9-10H2,1H3,(H,20,21). The Balaban J connectivity index is 1.77. The molecule has 1 fully saturated rings. The molecule has 2 aromatic rings. The van der Waals surface area contributed by atoms with Gasteiger partial charge in [0.1, 0.15) is 6.54 Å². The van der Waals surface area contributed by atoms with Crippen LogP contribution in [0.15, 0.2) is 30.5 Å². The fourth-order valence-corrected chi connectivity index (χ4v) is 2.83. The third kappa shape index (κ3) is 2.69. The molecule has 0 spiro atoms. The molecule has 1 saturated heterocycles. The SMILES string of the molecule is Cc1cn(CC(=O)N2CCOC(C(=O)O)C2)c2ccccc12. The van der Waals surface area contributed by atoms with Crippen LogP contribution in [0.1, 0.15) is 5.56 Å². The minimum absolute atomic E-state index is 0.0877. The number of aromatic nitrogens is 1. The molecule has 3 rings (SSSR count). The summed E-state index contributed by atoms with van der Waals surface area (Å²) in [6, 6.07) is 7.93. The maximum Gasteiger partial charge on any atom is 0.334 e. The van der Waals surface area contributed by atoms with Crippen LogP contribution in [0.25, 0.3) is 10.9 Å². The third-order valence-electron chi connectivity index (χ3n) is 3.99. The van der Waals surface area contributed by atoms with Crippen LogP contribution in [0.2, 0.25) is 0 Å². The topological polar surface area (TPSA) is 71.8 Å². The number of carbonyl (C=O) groups is 2. The Morgan fingerprint density at radius 3 is 2.91 bits per heavy atom. The number of hydrogen-bond acceptors (Lipinski definition) is 3. The highest BCUT2D eigenvalue weighted by Gasteiger charge is 2.29. The van der Waals surface area contributed by atoms with Crippen LogP contribution in [0.3, 0.4) is 0 Å². The Labute approximate surface area is 127 Å². The van der Waals surface area contributed by atoms with Crippen molar-refractivity contribution < 1.29 is 19.4 Å². The average Bonchev–Trinajstić information content (AvgIpc) is 2.84. The van der Waals surface area contributed by atoms with Crippen molar-refractivity contribution in [2.75, 3.05) is 19.7 Å². The van der Waals surface area contributed by atoms with Gasteiger partial charge in [0.05, 0.1) is 13.2 Å². The van der Waals surface area contributed by atoms with Crippen molar-refractivity contribution in [2.24, 2.45) is 0 Å². The van der Waals surface area contributed by atoms with E-state index < -0.39 is 12.1 Å². The minimum atomic E-state index is -1.03. The molecule has 2 heterocycles. The maximum absolute atomic E-state index is 12.4. The van der Waals surface area contributed by atoms with Gasteiger partial charge in [-0.3, -0.25) is 4.79 Å². The van der Waals surface area contributed by atoms with Crippen LogP contribution >= 0.6 is 0 Å². The van der Waals surface area contributed by atoms with Crippen molar-refractivity contribution in [1.29, 1.82) is 0 Å². The molecule has 1 aromatic carbocycles. The fraction of sp³-hybridized carbons (Fsp3) is 0.375. The Morgan fingerprint density at radius 2 is 2.14 bits per heavy atom. The van der Waals surface area contributed by atoms with E-state index >= 15 is 0 Å². The summed E-state index contributed by atoms with van der Waals surface area (Å²) in [7, 11) is 0. The number of hydrogen-bond donors (Lipinski definition) is 1. The van der Waals surface area contributed by atoms with Crippen molar-refractivity contribution in [3.63, 3.8) is 0 Å². The van der Waals surface area contributed by atoms with Crippen LogP contribution in [0.5, 0.6) is 0 Å². The highest BCUT2D eigenvalue weighted by atomic mass is 16.5. The number of fused-ring (bicyclic) bond motifs is 1. The molecule has 6 nitrogen and oxygen atoms in total. The Kier molecular flexibility index (Phi) is 3.85. The number of morpholine rings is 1. The monoisotopic (exact) mass is 302 g/mol. The fourth-order valence-electron chi connectivity index (χ4n) is 2.83. The van der Waals surface area contributed by atoms with E-state index in [-0.39, 0.29) is 25.6 Å². The Hall–Kier alpha value is -2.34. The second-order valence-electron chi connectivity index (χ2n) is 5.49. The number of benzene rings is 1. The van der Waals surface area contributed by atoms with E-state index in [1.807, 2.05) is 42.0 Å². The molecule has 0 bridgehead atoms. The van der Waals surface area contributed by atoms with Crippen LogP contribution in [-0.2, 0) is 20.9 Å². The first-order valence-electron chi connectivity index (χ1n) is 7.23. The lowest BCUT2D eigenvalue weighted by Crippen LogP contribution is -2.49. The first-order chi connectivity index (χ1) is 10.6. The van der Waals surface area contributed by atoms with Gasteiger partial charge in [-0.05, 0) is 18.6 Å². The number of carboxylic acid groups (broad SMARTS) is 1. The lowest BCUT2D eigenvalue weighted by Gasteiger charge is -2.31. The van der Waals surface area contributed by atoms with Crippen molar-refractivity contribution in [3.05, 3.63) is 36.0 Å². The van der Waals surface area contributed by atoms with Gasteiger partial charge < -0.3 is 19.3 Å². The molecule has 1 amide bonds. The third-order valence-corrected chi connectivity index (χ3v) is 3.99. The van der Waals surface area contributed by atoms with E-state index in [4.69, 9.17) is 9.84 Å². The lowest BCUT2D eigenvalue weighted by molar-refractivity contribution is -0.159. The minimum Gasteiger partial charge on any atom is -0.479 e. The number of nitrogens with zero attached hydrogens (tertiary/aromatic N) is 2. The smallest absolute Gasteiger partial charge is 0.334 e. The molecule has 1 N–H and O–H groups in total. The van der Waals surface area contributed by atoms with Gasteiger partial charge >= 0.3 is 5.97 Å². The molecule has 0 radical (unpaired) electrons. The van der Waals surface area contributed by atoms with E-state index in [2.05, 4.69) is 0 Å². The number of ether oxygens (including phenoxy) is 1. The maximum atomic E-state index is 12.4. The van der Waals surface area contributed by atoms with Gasteiger partial charge in [-0.2, -0.15) is 0 Å². The summed E-state index contributed by atoms with van der Waals surface area (Å²) < 4.78 is 7.06. The first kappa shape index (κ1) is 14.6. The summed E-state index contributed by atoms with van der Waals surface area (Å²) in [4.78, 5) is 25.0. The van der Waals surface area contributed by atoms with Crippen molar-refractivity contribution in [1.82, 2.24) is 9.47 Å². The van der Waals surface area contributed by atoms with Gasteiger partial charge in [-0.1, -0.05) is 18.2 Å². The predicted molar refractivity (Wildman–Crippen MR) is 80.6 cm³/mol. The second kappa shape index (κ2) is 5.81. The van der Waals surface area contributed by atoms with Gasteiger partial charge in [-0.15, -0.1) is 0 Å². The highest BCUT2D eigenvalue weighted by molar-refractivity contribution is 5.86. The Bertz CT molecular complexity index is 722. The molecular formula is C16H18N2O4. The zero-order valence-corrected chi connectivity index (χ0v) is 12.4. The van der Waals surface area contributed by atoms with Crippen molar-refractivity contribution in [3.8, 4) is 0 Å². The number of aliphatic carboxylic acids is 1. The van der Waals surface area contributed by atoms with Gasteiger partial charge in [-0.25, -0.2) is 4.79 Å². The van der Waals surface area contributed by atoms with Crippen molar-refractivity contribution >= 4 is 22.8 Å². The van der Waals surface area contributed by atoms with Crippen LogP contribution in [0, 0.1) is 6.92 Å². The second-order valence-corrected chi connectivity index (χ2v) is 5.49. The highest BCUT2D eigenvalue weighted by Crippen LogP contribution is 2.20. The van der Waals surface area contributed by atoms with Crippen LogP contribution in [0.4, 0.5) is 0 Å². The zero-order chi connectivity index (χ0) is 15.7. The number of rotatable bonds is 3. The van der Waals surface area contributed by atoms with E-state index in [1.165, 1.54) is 0 Å². The molecule has 1 unspecified atom stereocenters. The number of carbonyl (C=O) groups excluding carboxylic acids is 1. The molecule has 1 atom stereocenters. The summed E-state index contributed by atoms with van der Waals surface area (Å²) in [5.74, 6) is -1.12.